The molecule has 122 valence electrons. The highest BCUT2D eigenvalue weighted by Crippen LogP contribution is 2.17. The summed E-state index contributed by atoms with van der Waals surface area (Å²) < 4.78 is 4.93. The minimum atomic E-state index is -0.249. The molecule has 1 aliphatic rings. The predicted octanol–water partition coefficient (Wildman–Crippen LogP) is 0.949. The highest BCUT2D eigenvalue weighted by atomic mass is 16.6. The van der Waals surface area contributed by atoms with E-state index in [1.165, 1.54) is 0 Å². The predicted molar refractivity (Wildman–Crippen MR) is 84.4 cm³/mol. The molecule has 0 saturated carbocycles. The van der Waals surface area contributed by atoms with Gasteiger partial charge < -0.3 is 19.4 Å². The Bertz CT molecular complexity index is 508. The first-order chi connectivity index (χ1) is 10.4. The van der Waals surface area contributed by atoms with Crippen LogP contribution in [-0.4, -0.2) is 73.3 Å². The highest BCUT2D eigenvalue weighted by Gasteiger charge is 2.22. The second-order valence-electron chi connectivity index (χ2n) is 5.87. The molecule has 0 atom stereocenters. The number of anilines is 2. The lowest BCUT2D eigenvalue weighted by Gasteiger charge is -2.22. The number of carbonyl (C=O) groups is 1. The molecule has 1 fully saturated rings. The molecule has 1 amide bonds. The maximum absolute atomic E-state index is 11.4. The monoisotopic (exact) mass is 308 g/mol. The molecule has 0 N–H and O–H groups in total. The van der Waals surface area contributed by atoms with Gasteiger partial charge in [0.25, 0.3) is 0 Å². The molecule has 2 rings (SSSR count). The smallest absolute Gasteiger partial charge is 0.409 e. The number of hydrogen-bond donors (Lipinski definition) is 0. The van der Waals surface area contributed by atoms with E-state index >= 15 is 0 Å². The Morgan fingerprint density at radius 3 is 2.41 bits per heavy atom. The lowest BCUT2D eigenvalue weighted by Crippen LogP contribution is -2.35. The first-order valence-corrected chi connectivity index (χ1v) is 7.44. The van der Waals surface area contributed by atoms with Crippen LogP contribution >= 0.6 is 0 Å². The van der Waals surface area contributed by atoms with Gasteiger partial charge in [0, 0.05) is 40.2 Å². The number of aromatic nitrogens is 3. The number of hydrogen-bond acceptors (Lipinski definition) is 7. The van der Waals surface area contributed by atoms with Crippen molar-refractivity contribution in [1.82, 2.24) is 19.9 Å². The molecule has 1 aromatic heterocycles. The van der Waals surface area contributed by atoms with Gasteiger partial charge in [-0.15, -0.1) is 0 Å². The summed E-state index contributed by atoms with van der Waals surface area (Å²) in [5, 5.41) is 0. The van der Waals surface area contributed by atoms with Crippen LogP contribution in [-0.2, 0) is 4.74 Å². The molecule has 2 heterocycles. The summed E-state index contributed by atoms with van der Waals surface area (Å²) in [6.07, 6.45) is -0.249. The Morgan fingerprint density at radius 2 is 1.86 bits per heavy atom. The Labute approximate surface area is 131 Å². The van der Waals surface area contributed by atoms with Crippen LogP contribution in [0.4, 0.5) is 16.7 Å². The van der Waals surface area contributed by atoms with Crippen LogP contribution < -0.4 is 9.80 Å². The number of cyclic esters (lactones) is 1. The zero-order valence-corrected chi connectivity index (χ0v) is 13.9. The molecule has 8 heteroatoms. The molecule has 8 nitrogen and oxygen atoms in total. The molecule has 1 aromatic rings. The molecular formula is C14H24N6O2. The Hall–Kier alpha value is -2.12. The van der Waals surface area contributed by atoms with Gasteiger partial charge in [0.2, 0.25) is 11.9 Å². The zero-order chi connectivity index (χ0) is 16.3. The van der Waals surface area contributed by atoms with Gasteiger partial charge >= 0.3 is 6.09 Å². The molecule has 0 bridgehead atoms. The van der Waals surface area contributed by atoms with Crippen LogP contribution in [0.25, 0.3) is 0 Å². The summed E-state index contributed by atoms with van der Waals surface area (Å²) in [6, 6.07) is 0. The van der Waals surface area contributed by atoms with E-state index < -0.39 is 0 Å². The third-order valence-corrected chi connectivity index (χ3v) is 3.44. The van der Waals surface area contributed by atoms with Crippen LogP contribution in [0.5, 0.6) is 0 Å². The number of likely N-dealkylation sites (N-methyl/N-ethyl adjacent to an activating group) is 1. The highest BCUT2D eigenvalue weighted by molar-refractivity contribution is 5.69. The Morgan fingerprint density at radius 1 is 1.18 bits per heavy atom. The molecule has 0 radical (unpaired) electrons. The summed E-state index contributed by atoms with van der Waals surface area (Å²) in [5.41, 5.74) is 0. The lowest BCUT2D eigenvalue weighted by atomic mass is 10.2. The van der Waals surface area contributed by atoms with E-state index in [0.29, 0.717) is 38.1 Å². The topological polar surface area (TPSA) is 74.7 Å². The average Bonchev–Trinajstić information content (AvgIpc) is 2.89. The summed E-state index contributed by atoms with van der Waals surface area (Å²) in [7, 11) is 5.73. The molecule has 0 spiro atoms. The van der Waals surface area contributed by atoms with E-state index in [2.05, 4.69) is 28.8 Å². The summed E-state index contributed by atoms with van der Waals surface area (Å²) >= 11 is 0. The number of amides is 1. The first kappa shape index (κ1) is 16.3. The van der Waals surface area contributed by atoms with E-state index in [1.807, 2.05) is 30.9 Å². The second-order valence-corrected chi connectivity index (χ2v) is 5.87. The first-order valence-electron chi connectivity index (χ1n) is 7.44. The van der Waals surface area contributed by atoms with Crippen LogP contribution in [0.15, 0.2) is 0 Å². The Balaban J connectivity index is 2.10. The minimum absolute atomic E-state index is 0.224. The van der Waals surface area contributed by atoms with Gasteiger partial charge in [-0.05, 0) is 0 Å². The van der Waals surface area contributed by atoms with Gasteiger partial charge in [0.05, 0.1) is 6.54 Å². The second kappa shape index (κ2) is 6.76. The maximum atomic E-state index is 11.4. The van der Waals surface area contributed by atoms with Gasteiger partial charge in [-0.25, -0.2) is 4.79 Å². The molecule has 0 aliphatic carbocycles. The Kier molecular flexibility index (Phi) is 4.99. The van der Waals surface area contributed by atoms with E-state index in [1.54, 1.807) is 4.90 Å². The van der Waals surface area contributed by atoms with Crippen LogP contribution in [0.2, 0.25) is 0 Å². The van der Waals surface area contributed by atoms with Crippen molar-refractivity contribution in [3.63, 3.8) is 0 Å². The van der Waals surface area contributed by atoms with Crippen molar-refractivity contribution in [3.8, 4) is 0 Å². The fourth-order valence-electron chi connectivity index (χ4n) is 2.00. The molecule has 0 aromatic carbocycles. The third kappa shape index (κ3) is 3.75. The van der Waals surface area contributed by atoms with Crippen molar-refractivity contribution in [2.45, 2.75) is 19.8 Å². The lowest BCUT2D eigenvalue weighted by molar-refractivity contribution is 0.159. The molecular weight excluding hydrogens is 284 g/mol. The number of ether oxygens (including phenoxy) is 1. The summed E-state index contributed by atoms with van der Waals surface area (Å²) in [4.78, 5) is 30.4. The van der Waals surface area contributed by atoms with E-state index in [4.69, 9.17) is 4.74 Å². The quantitative estimate of drug-likeness (QED) is 0.774. The van der Waals surface area contributed by atoms with Gasteiger partial charge in [-0.2, -0.15) is 15.0 Å². The summed E-state index contributed by atoms with van der Waals surface area (Å²) in [6.45, 7) is 6.46. The van der Waals surface area contributed by atoms with Crippen molar-refractivity contribution < 1.29 is 9.53 Å². The number of nitrogens with zero attached hydrogens (tertiary/aromatic N) is 6. The van der Waals surface area contributed by atoms with Crippen molar-refractivity contribution in [2.24, 2.45) is 0 Å². The largest absolute Gasteiger partial charge is 0.448 e. The van der Waals surface area contributed by atoms with E-state index in [-0.39, 0.29) is 12.0 Å². The van der Waals surface area contributed by atoms with Crippen LogP contribution in [0.3, 0.4) is 0 Å². The van der Waals surface area contributed by atoms with Crippen molar-refractivity contribution in [2.75, 3.05) is 57.2 Å². The van der Waals surface area contributed by atoms with Crippen molar-refractivity contribution in [1.29, 1.82) is 0 Å². The van der Waals surface area contributed by atoms with Gasteiger partial charge in [-0.1, -0.05) is 13.8 Å². The zero-order valence-electron chi connectivity index (χ0n) is 13.9. The minimum Gasteiger partial charge on any atom is -0.448 e. The normalized spacial score (nSPS) is 14.5. The van der Waals surface area contributed by atoms with Gasteiger partial charge in [0.1, 0.15) is 12.4 Å². The van der Waals surface area contributed by atoms with Crippen molar-refractivity contribution >= 4 is 18.0 Å². The number of carbonyl (C=O) groups excluding carboxylic acids is 1. The molecule has 22 heavy (non-hydrogen) atoms. The maximum Gasteiger partial charge on any atom is 0.409 e. The molecule has 1 saturated heterocycles. The van der Waals surface area contributed by atoms with Gasteiger partial charge in [-0.3, -0.25) is 0 Å². The SMILES string of the molecule is CC(C)c1nc(N(C)C)nc(N(C)CCN2CCOC2=O)n1. The third-order valence-electron chi connectivity index (χ3n) is 3.44. The number of rotatable bonds is 6. The van der Waals surface area contributed by atoms with Crippen molar-refractivity contribution in [3.05, 3.63) is 5.82 Å². The standard InChI is InChI=1S/C14H24N6O2/c1-10(2)11-15-12(18(3)4)17-13(16-11)19(5)6-7-20-8-9-22-14(20)21/h10H,6-9H2,1-5H3. The fourth-order valence-corrected chi connectivity index (χ4v) is 2.00. The van der Waals surface area contributed by atoms with E-state index in [9.17, 15) is 4.79 Å². The van der Waals surface area contributed by atoms with Crippen LogP contribution in [0, 0.1) is 0 Å². The summed E-state index contributed by atoms with van der Waals surface area (Å²) in [5.74, 6) is 2.25. The molecule has 1 aliphatic heterocycles. The average molecular weight is 308 g/mol. The molecule has 0 unspecified atom stereocenters. The van der Waals surface area contributed by atoms with E-state index in [0.717, 1.165) is 5.82 Å². The fraction of sp³-hybridized carbons (Fsp3) is 0.714. The van der Waals surface area contributed by atoms with Crippen LogP contribution in [0.1, 0.15) is 25.6 Å². The van der Waals surface area contributed by atoms with Gasteiger partial charge in [0.15, 0.2) is 0 Å².